The van der Waals surface area contributed by atoms with Crippen molar-refractivity contribution < 1.29 is 19.2 Å². The van der Waals surface area contributed by atoms with Crippen LogP contribution < -0.4 is 4.90 Å². The SMILES string of the molecule is COC(=O)c1cc(C(=O)N(c2ccccn2)C2CCCCC2)cc([N+](=O)[O-])c1. The second kappa shape index (κ2) is 8.60. The number of carbonyl (C=O) groups is 2. The first kappa shape index (κ1) is 19.5. The van der Waals surface area contributed by atoms with E-state index in [-0.39, 0.29) is 22.9 Å². The number of methoxy groups -OCH3 is 1. The largest absolute Gasteiger partial charge is 0.465 e. The summed E-state index contributed by atoms with van der Waals surface area (Å²) >= 11 is 0. The van der Waals surface area contributed by atoms with Gasteiger partial charge in [-0.15, -0.1) is 0 Å². The van der Waals surface area contributed by atoms with Gasteiger partial charge in [-0.25, -0.2) is 9.78 Å². The fraction of sp³-hybridized carbons (Fsp3) is 0.350. The Bertz CT molecular complexity index is 879. The third kappa shape index (κ3) is 4.16. The van der Waals surface area contributed by atoms with Crippen molar-refractivity contribution in [1.29, 1.82) is 0 Å². The maximum absolute atomic E-state index is 13.4. The molecule has 28 heavy (non-hydrogen) atoms. The van der Waals surface area contributed by atoms with Crippen LogP contribution in [0.4, 0.5) is 11.5 Å². The summed E-state index contributed by atoms with van der Waals surface area (Å²) in [5.41, 5.74) is -0.314. The van der Waals surface area contributed by atoms with E-state index in [1.807, 2.05) is 0 Å². The minimum absolute atomic E-state index is 0.0373. The molecule has 146 valence electrons. The molecule has 0 N–H and O–H groups in total. The quantitative estimate of drug-likeness (QED) is 0.442. The molecule has 0 aliphatic heterocycles. The van der Waals surface area contributed by atoms with Crippen molar-refractivity contribution in [1.82, 2.24) is 4.98 Å². The summed E-state index contributed by atoms with van der Waals surface area (Å²) in [5.74, 6) is -0.662. The Morgan fingerprint density at radius 3 is 2.46 bits per heavy atom. The summed E-state index contributed by atoms with van der Waals surface area (Å²) in [5, 5.41) is 11.3. The highest BCUT2D eigenvalue weighted by molar-refractivity contribution is 6.07. The van der Waals surface area contributed by atoms with Crippen molar-refractivity contribution in [3.8, 4) is 0 Å². The average molecular weight is 383 g/mol. The van der Waals surface area contributed by atoms with Gasteiger partial charge in [0.05, 0.1) is 17.6 Å². The maximum atomic E-state index is 13.4. The van der Waals surface area contributed by atoms with Gasteiger partial charge in [0.2, 0.25) is 0 Å². The van der Waals surface area contributed by atoms with Crippen LogP contribution in [0.2, 0.25) is 0 Å². The molecule has 1 aliphatic rings. The van der Waals surface area contributed by atoms with Gasteiger partial charge in [-0.1, -0.05) is 25.3 Å². The molecule has 3 rings (SSSR count). The number of benzene rings is 1. The monoisotopic (exact) mass is 383 g/mol. The van der Waals surface area contributed by atoms with Gasteiger partial charge in [0.25, 0.3) is 11.6 Å². The summed E-state index contributed by atoms with van der Waals surface area (Å²) in [6, 6.07) is 8.87. The van der Waals surface area contributed by atoms with E-state index in [9.17, 15) is 19.7 Å². The van der Waals surface area contributed by atoms with Gasteiger partial charge in [0, 0.05) is 29.9 Å². The van der Waals surface area contributed by atoms with Gasteiger partial charge >= 0.3 is 5.97 Å². The number of rotatable bonds is 5. The first-order valence-corrected chi connectivity index (χ1v) is 9.13. The fourth-order valence-corrected chi connectivity index (χ4v) is 3.51. The van der Waals surface area contributed by atoms with E-state index in [0.29, 0.717) is 5.82 Å². The Morgan fingerprint density at radius 2 is 1.86 bits per heavy atom. The first-order valence-electron chi connectivity index (χ1n) is 9.13. The van der Waals surface area contributed by atoms with Crippen LogP contribution in [0.1, 0.15) is 52.8 Å². The maximum Gasteiger partial charge on any atom is 0.338 e. The van der Waals surface area contributed by atoms with E-state index in [1.165, 1.54) is 19.2 Å². The number of esters is 1. The molecule has 1 amide bonds. The Balaban J connectivity index is 2.06. The van der Waals surface area contributed by atoms with E-state index in [0.717, 1.165) is 38.2 Å². The number of aromatic nitrogens is 1. The minimum atomic E-state index is -0.736. The van der Waals surface area contributed by atoms with Crippen LogP contribution in [0.3, 0.4) is 0 Å². The number of nitrogens with zero attached hydrogens (tertiary/aromatic N) is 3. The normalized spacial score (nSPS) is 14.3. The molecule has 1 heterocycles. The number of ether oxygens (including phenoxy) is 1. The number of pyridine rings is 1. The second-order valence-corrected chi connectivity index (χ2v) is 6.67. The van der Waals surface area contributed by atoms with E-state index in [2.05, 4.69) is 9.72 Å². The van der Waals surface area contributed by atoms with Crippen molar-refractivity contribution >= 4 is 23.4 Å². The van der Waals surface area contributed by atoms with Gasteiger partial charge in [0.1, 0.15) is 5.82 Å². The molecule has 0 atom stereocenters. The zero-order chi connectivity index (χ0) is 20.1. The highest BCUT2D eigenvalue weighted by Gasteiger charge is 2.30. The zero-order valence-electron chi connectivity index (χ0n) is 15.5. The van der Waals surface area contributed by atoms with E-state index < -0.39 is 16.8 Å². The van der Waals surface area contributed by atoms with E-state index in [1.54, 1.807) is 29.3 Å². The average Bonchev–Trinajstić information content (AvgIpc) is 2.74. The molecule has 8 heteroatoms. The Morgan fingerprint density at radius 1 is 1.14 bits per heavy atom. The number of nitro benzene ring substituents is 1. The number of hydrogen-bond acceptors (Lipinski definition) is 6. The number of hydrogen-bond donors (Lipinski definition) is 0. The molecular weight excluding hydrogens is 362 g/mol. The van der Waals surface area contributed by atoms with Gasteiger partial charge < -0.3 is 4.74 Å². The van der Waals surface area contributed by atoms with Gasteiger partial charge in [-0.2, -0.15) is 0 Å². The van der Waals surface area contributed by atoms with Crippen LogP contribution in [0.5, 0.6) is 0 Å². The van der Waals surface area contributed by atoms with Crippen molar-refractivity contribution in [2.24, 2.45) is 0 Å². The number of carbonyl (C=O) groups excluding carboxylic acids is 2. The third-order valence-electron chi connectivity index (χ3n) is 4.85. The smallest absolute Gasteiger partial charge is 0.338 e. The Hall–Kier alpha value is -3.29. The number of amides is 1. The van der Waals surface area contributed by atoms with E-state index >= 15 is 0 Å². The summed E-state index contributed by atoms with van der Waals surface area (Å²) in [6.07, 6.45) is 6.39. The lowest BCUT2D eigenvalue weighted by molar-refractivity contribution is -0.384. The molecule has 0 saturated heterocycles. The van der Waals surface area contributed by atoms with Crippen LogP contribution in [0.25, 0.3) is 0 Å². The second-order valence-electron chi connectivity index (χ2n) is 6.67. The van der Waals surface area contributed by atoms with Crippen LogP contribution in [0, 0.1) is 10.1 Å². The predicted octanol–water partition coefficient (Wildman–Crippen LogP) is 3.76. The molecule has 1 aliphatic carbocycles. The highest BCUT2D eigenvalue weighted by Crippen LogP contribution is 2.29. The number of nitro groups is 1. The summed E-state index contributed by atoms with van der Waals surface area (Å²) in [4.78, 5) is 41.9. The lowest BCUT2D eigenvalue weighted by Gasteiger charge is -2.33. The van der Waals surface area contributed by atoms with Crippen molar-refractivity contribution in [2.75, 3.05) is 12.0 Å². The van der Waals surface area contributed by atoms with Crippen LogP contribution in [0.15, 0.2) is 42.6 Å². The molecule has 2 aromatic rings. The molecule has 8 nitrogen and oxygen atoms in total. The van der Waals surface area contributed by atoms with Crippen molar-refractivity contribution in [3.05, 3.63) is 63.8 Å². The molecule has 0 bridgehead atoms. The third-order valence-corrected chi connectivity index (χ3v) is 4.85. The Kier molecular flexibility index (Phi) is 5.98. The predicted molar refractivity (Wildman–Crippen MR) is 102 cm³/mol. The highest BCUT2D eigenvalue weighted by atomic mass is 16.6. The molecule has 1 fully saturated rings. The Labute approximate surface area is 162 Å². The summed E-state index contributed by atoms with van der Waals surface area (Å²) in [6.45, 7) is 0. The van der Waals surface area contributed by atoms with E-state index in [4.69, 9.17) is 0 Å². The topological polar surface area (TPSA) is 103 Å². The summed E-state index contributed by atoms with van der Waals surface area (Å²) < 4.78 is 4.67. The molecule has 1 saturated carbocycles. The lowest BCUT2D eigenvalue weighted by atomic mass is 9.93. The minimum Gasteiger partial charge on any atom is -0.465 e. The van der Waals surface area contributed by atoms with Crippen molar-refractivity contribution in [2.45, 2.75) is 38.1 Å². The van der Waals surface area contributed by atoms with Crippen molar-refractivity contribution in [3.63, 3.8) is 0 Å². The lowest BCUT2D eigenvalue weighted by Crippen LogP contribution is -2.42. The molecule has 0 unspecified atom stereocenters. The summed E-state index contributed by atoms with van der Waals surface area (Å²) in [7, 11) is 1.19. The molecule has 1 aromatic heterocycles. The standard InChI is InChI=1S/C20H21N3O5/c1-28-20(25)15-11-14(12-17(13-15)23(26)27)19(24)22(16-7-3-2-4-8-16)18-9-5-6-10-21-18/h5-6,9-13,16H,2-4,7-8H2,1H3. The van der Waals surface area contributed by atoms with Crippen LogP contribution in [-0.2, 0) is 4.74 Å². The van der Waals surface area contributed by atoms with Gasteiger partial charge in [0.15, 0.2) is 0 Å². The zero-order valence-corrected chi connectivity index (χ0v) is 15.5. The molecule has 0 radical (unpaired) electrons. The molecular formula is C20H21N3O5. The first-order chi connectivity index (χ1) is 13.5. The number of non-ortho nitro benzene ring substituents is 1. The fourth-order valence-electron chi connectivity index (χ4n) is 3.51. The van der Waals surface area contributed by atoms with Gasteiger partial charge in [-0.3, -0.25) is 19.8 Å². The van der Waals surface area contributed by atoms with Gasteiger partial charge in [-0.05, 0) is 31.0 Å². The molecule has 1 aromatic carbocycles. The molecule has 0 spiro atoms. The number of anilines is 1. The van der Waals surface area contributed by atoms with Crippen LogP contribution >= 0.6 is 0 Å². The van der Waals surface area contributed by atoms with Crippen LogP contribution in [-0.4, -0.2) is 34.9 Å².